The minimum Gasteiger partial charge on any atom is -0.396 e. The monoisotopic (exact) mass is 290 g/mol. The molecule has 0 radical (unpaired) electrons. The van der Waals surface area contributed by atoms with E-state index < -0.39 is 10.2 Å². The number of hydrogen-bond acceptors (Lipinski definition) is 3. The zero-order chi connectivity index (χ0) is 13.9. The largest absolute Gasteiger partial charge is 0.396 e. The zero-order valence-corrected chi connectivity index (χ0v) is 12.6. The number of aliphatic hydroxyl groups excluding tert-OH is 1. The first kappa shape index (κ1) is 15.2. The predicted molar refractivity (Wildman–Crippen MR) is 74.9 cm³/mol. The molecule has 0 amide bonds. The summed E-state index contributed by atoms with van der Waals surface area (Å²) < 4.78 is 28.7. The van der Waals surface area contributed by atoms with Crippen molar-refractivity contribution in [1.29, 1.82) is 0 Å². The molecular weight excluding hydrogens is 264 g/mol. The van der Waals surface area contributed by atoms with Crippen molar-refractivity contribution >= 4 is 10.2 Å². The smallest absolute Gasteiger partial charge is 0.282 e. The van der Waals surface area contributed by atoms with E-state index in [1.54, 1.807) is 8.61 Å². The summed E-state index contributed by atoms with van der Waals surface area (Å²) in [4.78, 5) is 0. The van der Waals surface area contributed by atoms with Gasteiger partial charge >= 0.3 is 0 Å². The van der Waals surface area contributed by atoms with E-state index in [0.29, 0.717) is 19.6 Å². The summed E-state index contributed by atoms with van der Waals surface area (Å²) in [5.41, 5.74) is 0. The number of nitrogens with zero attached hydrogens (tertiary/aromatic N) is 2. The minimum absolute atomic E-state index is 0.0849. The Morgan fingerprint density at radius 3 is 2.47 bits per heavy atom. The molecule has 1 heterocycles. The molecule has 0 bridgehead atoms. The summed E-state index contributed by atoms with van der Waals surface area (Å²) in [7, 11) is -3.35. The van der Waals surface area contributed by atoms with Crippen LogP contribution in [0.25, 0.3) is 0 Å². The molecule has 0 aromatic carbocycles. The molecule has 5 nitrogen and oxygen atoms in total. The summed E-state index contributed by atoms with van der Waals surface area (Å²) in [6.45, 7) is 3.63. The van der Waals surface area contributed by atoms with Crippen LogP contribution in [0.4, 0.5) is 0 Å². The van der Waals surface area contributed by atoms with Crippen molar-refractivity contribution in [2.24, 2.45) is 5.92 Å². The number of piperidine rings is 1. The van der Waals surface area contributed by atoms with Crippen LogP contribution in [0, 0.1) is 5.92 Å². The molecule has 1 atom stereocenters. The SMILES string of the molecule is CCN(C1CCCC1)S(=O)(=O)N1CCCC(CO)C1. The maximum atomic E-state index is 12.7. The third kappa shape index (κ3) is 3.29. The summed E-state index contributed by atoms with van der Waals surface area (Å²) in [5.74, 6) is 0.103. The molecule has 2 rings (SSSR count). The molecule has 112 valence electrons. The molecule has 19 heavy (non-hydrogen) atoms. The van der Waals surface area contributed by atoms with Crippen molar-refractivity contribution in [1.82, 2.24) is 8.61 Å². The van der Waals surface area contributed by atoms with E-state index in [9.17, 15) is 13.5 Å². The molecule has 6 heteroatoms. The van der Waals surface area contributed by atoms with Gasteiger partial charge < -0.3 is 5.11 Å². The molecule has 0 spiro atoms. The van der Waals surface area contributed by atoms with Crippen LogP contribution >= 0.6 is 0 Å². The molecule has 1 saturated carbocycles. The molecule has 1 unspecified atom stereocenters. The van der Waals surface area contributed by atoms with Crippen molar-refractivity contribution in [3.05, 3.63) is 0 Å². The van der Waals surface area contributed by atoms with Gasteiger partial charge in [0.2, 0.25) is 0 Å². The van der Waals surface area contributed by atoms with Gasteiger partial charge in [-0.3, -0.25) is 0 Å². The minimum atomic E-state index is -3.35. The van der Waals surface area contributed by atoms with Crippen molar-refractivity contribution in [3.8, 4) is 0 Å². The highest BCUT2D eigenvalue weighted by molar-refractivity contribution is 7.86. The van der Waals surface area contributed by atoms with Crippen LogP contribution in [0.15, 0.2) is 0 Å². The second-order valence-electron chi connectivity index (χ2n) is 5.70. The molecule has 1 N–H and O–H groups in total. The number of hydrogen-bond donors (Lipinski definition) is 1. The van der Waals surface area contributed by atoms with Crippen LogP contribution in [-0.2, 0) is 10.2 Å². The first-order valence-electron chi connectivity index (χ1n) is 7.47. The number of rotatable bonds is 5. The van der Waals surface area contributed by atoms with Gasteiger partial charge in [0.05, 0.1) is 0 Å². The lowest BCUT2D eigenvalue weighted by molar-refractivity contribution is 0.158. The Kier molecular flexibility index (Phi) is 5.22. The van der Waals surface area contributed by atoms with Gasteiger partial charge in [-0.1, -0.05) is 19.8 Å². The van der Waals surface area contributed by atoms with E-state index in [2.05, 4.69) is 0 Å². The molecule has 0 aromatic heterocycles. The highest BCUT2D eigenvalue weighted by Gasteiger charge is 2.37. The Hall–Kier alpha value is -0.170. The fourth-order valence-corrected chi connectivity index (χ4v) is 5.31. The van der Waals surface area contributed by atoms with Gasteiger partial charge in [0.1, 0.15) is 0 Å². The molecule has 1 aliphatic carbocycles. The van der Waals surface area contributed by atoms with E-state index in [-0.39, 0.29) is 18.6 Å². The van der Waals surface area contributed by atoms with E-state index in [1.165, 1.54) is 0 Å². The lowest BCUT2D eigenvalue weighted by Crippen LogP contribution is -2.51. The average Bonchev–Trinajstić information content (AvgIpc) is 2.93. The highest BCUT2D eigenvalue weighted by atomic mass is 32.2. The van der Waals surface area contributed by atoms with E-state index in [0.717, 1.165) is 38.5 Å². The van der Waals surface area contributed by atoms with Crippen molar-refractivity contribution in [2.45, 2.75) is 51.5 Å². The molecule has 1 aliphatic heterocycles. The van der Waals surface area contributed by atoms with Gasteiger partial charge in [0.15, 0.2) is 0 Å². The Balaban J connectivity index is 2.10. The Morgan fingerprint density at radius 2 is 1.89 bits per heavy atom. The van der Waals surface area contributed by atoms with Crippen LogP contribution in [0.2, 0.25) is 0 Å². The van der Waals surface area contributed by atoms with Crippen LogP contribution < -0.4 is 0 Å². The normalized spacial score (nSPS) is 27.2. The Bertz CT molecular complexity index is 379. The van der Waals surface area contributed by atoms with Gasteiger partial charge in [-0.15, -0.1) is 0 Å². The lowest BCUT2D eigenvalue weighted by atomic mass is 10.0. The van der Waals surface area contributed by atoms with Crippen molar-refractivity contribution in [2.75, 3.05) is 26.2 Å². The summed E-state index contributed by atoms with van der Waals surface area (Å²) >= 11 is 0. The molecule has 0 aromatic rings. The topological polar surface area (TPSA) is 60.9 Å². The van der Waals surface area contributed by atoms with E-state index in [1.807, 2.05) is 6.92 Å². The molecule has 1 saturated heterocycles. The maximum absolute atomic E-state index is 12.7. The average molecular weight is 290 g/mol. The quantitative estimate of drug-likeness (QED) is 0.827. The Morgan fingerprint density at radius 1 is 1.21 bits per heavy atom. The standard InChI is InChI=1S/C13H26N2O3S/c1-2-15(13-7-3-4-8-13)19(17,18)14-9-5-6-12(10-14)11-16/h12-13,16H,2-11H2,1H3. The van der Waals surface area contributed by atoms with E-state index in [4.69, 9.17) is 0 Å². The fourth-order valence-electron chi connectivity index (χ4n) is 3.34. The van der Waals surface area contributed by atoms with Crippen LogP contribution in [-0.4, -0.2) is 54.4 Å². The molecule has 2 fully saturated rings. The number of aliphatic hydroxyl groups is 1. The van der Waals surface area contributed by atoms with Crippen LogP contribution in [0.3, 0.4) is 0 Å². The van der Waals surface area contributed by atoms with Gasteiger partial charge in [-0.25, -0.2) is 0 Å². The Labute approximate surface area is 116 Å². The zero-order valence-electron chi connectivity index (χ0n) is 11.8. The molecular formula is C13H26N2O3S. The predicted octanol–water partition coefficient (Wildman–Crippen LogP) is 1.20. The van der Waals surface area contributed by atoms with Gasteiger partial charge in [0, 0.05) is 32.3 Å². The van der Waals surface area contributed by atoms with Crippen LogP contribution in [0.1, 0.15) is 45.4 Å². The van der Waals surface area contributed by atoms with Gasteiger partial charge in [-0.2, -0.15) is 17.0 Å². The van der Waals surface area contributed by atoms with E-state index >= 15 is 0 Å². The second kappa shape index (κ2) is 6.52. The summed E-state index contributed by atoms with van der Waals surface area (Å²) in [6, 6.07) is 0.185. The third-order valence-corrected chi connectivity index (χ3v) is 6.54. The third-order valence-electron chi connectivity index (χ3n) is 4.41. The first-order valence-corrected chi connectivity index (χ1v) is 8.87. The van der Waals surface area contributed by atoms with Gasteiger partial charge in [0.25, 0.3) is 10.2 Å². The fraction of sp³-hybridized carbons (Fsp3) is 1.00. The highest BCUT2D eigenvalue weighted by Crippen LogP contribution is 2.28. The summed E-state index contributed by atoms with van der Waals surface area (Å²) in [5, 5.41) is 9.25. The maximum Gasteiger partial charge on any atom is 0.282 e. The van der Waals surface area contributed by atoms with Crippen molar-refractivity contribution < 1.29 is 13.5 Å². The van der Waals surface area contributed by atoms with Gasteiger partial charge in [-0.05, 0) is 31.6 Å². The second-order valence-corrected chi connectivity index (χ2v) is 7.58. The summed E-state index contributed by atoms with van der Waals surface area (Å²) in [6.07, 6.45) is 6.03. The lowest BCUT2D eigenvalue weighted by Gasteiger charge is -2.36. The van der Waals surface area contributed by atoms with Crippen molar-refractivity contribution in [3.63, 3.8) is 0 Å². The van der Waals surface area contributed by atoms with Crippen LogP contribution in [0.5, 0.6) is 0 Å². The molecule has 2 aliphatic rings. The first-order chi connectivity index (χ1) is 9.09.